The van der Waals surface area contributed by atoms with E-state index in [1.54, 1.807) is 0 Å². The lowest BCUT2D eigenvalue weighted by Crippen LogP contribution is -2.47. The van der Waals surface area contributed by atoms with Gasteiger partial charge in [0.05, 0.1) is 0 Å². The van der Waals surface area contributed by atoms with Crippen molar-refractivity contribution in [3.63, 3.8) is 0 Å². The molecule has 228 valence electrons. The Hall–Kier alpha value is -0.260. The molecule has 38 heavy (non-hydrogen) atoms. The molecular weight excluding hydrogens is 482 g/mol. The van der Waals surface area contributed by atoms with Gasteiger partial charge in [-0.3, -0.25) is 0 Å². The molecule has 0 spiro atoms. The first-order valence-electron chi connectivity index (χ1n) is 16.4. The van der Waals surface area contributed by atoms with Gasteiger partial charge in [-0.2, -0.15) is 0 Å². The summed E-state index contributed by atoms with van der Waals surface area (Å²) in [6.07, 6.45) is 21.9. The fraction of sp³-hybridized carbons (Fsp3) is 1.00. The van der Waals surface area contributed by atoms with E-state index in [0.29, 0.717) is 36.2 Å². The zero-order valence-electron chi connectivity index (χ0n) is 25.5. The third-order valence-corrected chi connectivity index (χ3v) is 11.2. The molecule has 4 N–H and O–H groups in total. The molecule has 0 aromatic carbocycles. The molecule has 3 nitrogen and oxygen atoms in total. The van der Waals surface area contributed by atoms with Crippen LogP contribution in [0.15, 0.2) is 0 Å². The summed E-state index contributed by atoms with van der Waals surface area (Å²) in [6, 6.07) is 0. The average molecular weight is 547 g/mol. The SMILES string of the molecule is CC.CCCCCCOC1C(F)CC(C2CCC(C34CCC(CCCCC)(CC3)CC4)CC2)CC1F.O.O. The molecule has 0 radical (unpaired) electrons. The molecule has 5 heteroatoms. The van der Waals surface area contributed by atoms with Gasteiger partial charge in [0.25, 0.3) is 0 Å². The zero-order valence-corrected chi connectivity index (χ0v) is 25.5. The average Bonchev–Trinajstić information content (AvgIpc) is 2.92. The van der Waals surface area contributed by atoms with E-state index >= 15 is 0 Å². The Labute approximate surface area is 234 Å². The van der Waals surface area contributed by atoms with Gasteiger partial charge in [-0.1, -0.05) is 66.2 Å². The highest BCUT2D eigenvalue weighted by Gasteiger charge is 2.52. The Morgan fingerprint density at radius 2 is 1.18 bits per heavy atom. The number of alkyl halides is 2. The molecule has 2 bridgehead atoms. The van der Waals surface area contributed by atoms with Gasteiger partial charge in [-0.15, -0.1) is 0 Å². The molecule has 2 unspecified atom stereocenters. The Kier molecular flexibility index (Phi) is 16.5. The molecule has 5 rings (SSSR count). The van der Waals surface area contributed by atoms with Crippen molar-refractivity contribution < 1.29 is 24.5 Å². The molecule has 0 aromatic rings. The fourth-order valence-corrected chi connectivity index (χ4v) is 8.74. The molecule has 5 aliphatic rings. The van der Waals surface area contributed by atoms with Crippen LogP contribution in [0.4, 0.5) is 8.78 Å². The van der Waals surface area contributed by atoms with Crippen LogP contribution in [0.1, 0.15) is 156 Å². The molecule has 0 heterocycles. The summed E-state index contributed by atoms with van der Waals surface area (Å²) >= 11 is 0. The summed E-state index contributed by atoms with van der Waals surface area (Å²) in [4.78, 5) is 0. The summed E-state index contributed by atoms with van der Waals surface area (Å²) in [5, 5.41) is 0. The normalized spacial score (nSPS) is 38.4. The number of fused-ring (bicyclic) bond motifs is 3. The number of hydrogen-bond donors (Lipinski definition) is 0. The lowest BCUT2D eigenvalue weighted by Gasteiger charge is -2.58. The van der Waals surface area contributed by atoms with Gasteiger partial charge < -0.3 is 15.7 Å². The van der Waals surface area contributed by atoms with Crippen LogP contribution in [-0.4, -0.2) is 36.0 Å². The number of unbranched alkanes of at least 4 members (excludes halogenated alkanes) is 5. The van der Waals surface area contributed by atoms with Crippen molar-refractivity contribution in [2.75, 3.05) is 6.61 Å². The van der Waals surface area contributed by atoms with E-state index in [1.807, 2.05) is 13.8 Å². The van der Waals surface area contributed by atoms with Crippen LogP contribution in [0.2, 0.25) is 0 Å². The molecule has 5 fully saturated rings. The first-order valence-corrected chi connectivity index (χ1v) is 16.4. The highest BCUT2D eigenvalue weighted by molar-refractivity contribution is 5.03. The van der Waals surface area contributed by atoms with Crippen LogP contribution in [0.5, 0.6) is 0 Å². The van der Waals surface area contributed by atoms with Crippen molar-refractivity contribution >= 4 is 0 Å². The second-order valence-corrected chi connectivity index (χ2v) is 13.1. The van der Waals surface area contributed by atoms with Crippen LogP contribution >= 0.6 is 0 Å². The lowest BCUT2D eigenvalue weighted by atomic mass is 9.47. The van der Waals surface area contributed by atoms with Gasteiger partial charge >= 0.3 is 0 Å². The number of halogens is 2. The number of rotatable bonds is 12. The molecule has 5 saturated carbocycles. The highest BCUT2D eigenvalue weighted by atomic mass is 19.1. The van der Waals surface area contributed by atoms with Crippen molar-refractivity contribution in [3.8, 4) is 0 Å². The molecule has 0 aliphatic heterocycles. The van der Waals surface area contributed by atoms with Crippen LogP contribution < -0.4 is 0 Å². The molecule has 0 amide bonds. The summed E-state index contributed by atoms with van der Waals surface area (Å²) in [5.74, 6) is 1.64. The maximum absolute atomic E-state index is 14.9. The molecule has 2 atom stereocenters. The van der Waals surface area contributed by atoms with Crippen LogP contribution in [0, 0.1) is 28.6 Å². The van der Waals surface area contributed by atoms with Crippen molar-refractivity contribution in [2.45, 2.75) is 175 Å². The standard InChI is InChI=1S/C31H54F2O.C2H6.2H2O/c1-3-5-7-9-21-34-29-27(32)22-25(23-28(29)33)24-10-12-26(13-11-24)31-18-15-30(16-19-31,17-20-31)14-8-6-4-2;1-2;;/h24-29H,3-23H2,1-2H3;1-2H3;2*1H2. The summed E-state index contributed by atoms with van der Waals surface area (Å²) in [7, 11) is 0. The summed E-state index contributed by atoms with van der Waals surface area (Å²) < 4.78 is 35.6. The zero-order chi connectivity index (χ0) is 26.0. The highest BCUT2D eigenvalue weighted by Crippen LogP contribution is 2.63. The first kappa shape index (κ1) is 35.8. The smallest absolute Gasteiger partial charge is 0.129 e. The van der Waals surface area contributed by atoms with Crippen molar-refractivity contribution in [3.05, 3.63) is 0 Å². The second-order valence-electron chi connectivity index (χ2n) is 13.1. The summed E-state index contributed by atoms with van der Waals surface area (Å²) in [5.41, 5.74) is 1.31. The third-order valence-electron chi connectivity index (χ3n) is 11.2. The number of ether oxygens (including phenoxy) is 1. The quantitative estimate of drug-likeness (QED) is 0.225. The maximum atomic E-state index is 14.9. The van der Waals surface area contributed by atoms with Gasteiger partial charge in [0.15, 0.2) is 0 Å². The van der Waals surface area contributed by atoms with Crippen molar-refractivity contribution in [1.29, 1.82) is 0 Å². The monoisotopic (exact) mass is 546 g/mol. The van der Waals surface area contributed by atoms with Crippen molar-refractivity contribution in [2.24, 2.45) is 28.6 Å². The van der Waals surface area contributed by atoms with Gasteiger partial charge in [0.2, 0.25) is 0 Å². The van der Waals surface area contributed by atoms with Gasteiger partial charge in [-0.05, 0) is 118 Å². The van der Waals surface area contributed by atoms with Crippen LogP contribution in [-0.2, 0) is 4.74 Å². The second kappa shape index (κ2) is 17.5. The predicted octanol–water partition coefficient (Wildman–Crippen LogP) is 9.14. The van der Waals surface area contributed by atoms with Crippen LogP contribution in [0.25, 0.3) is 0 Å². The third kappa shape index (κ3) is 8.87. The van der Waals surface area contributed by atoms with E-state index in [4.69, 9.17) is 4.74 Å². The minimum absolute atomic E-state index is 0. The lowest BCUT2D eigenvalue weighted by molar-refractivity contribution is -0.0965. The minimum atomic E-state index is -1.12. The van der Waals surface area contributed by atoms with E-state index < -0.39 is 18.4 Å². The predicted molar refractivity (Wildman–Crippen MR) is 157 cm³/mol. The topological polar surface area (TPSA) is 72.2 Å². The molecule has 0 aromatic heterocycles. The minimum Gasteiger partial charge on any atom is -0.412 e. The Morgan fingerprint density at radius 1 is 0.658 bits per heavy atom. The Morgan fingerprint density at radius 3 is 1.71 bits per heavy atom. The van der Waals surface area contributed by atoms with E-state index in [-0.39, 0.29) is 16.9 Å². The largest absolute Gasteiger partial charge is 0.412 e. The Balaban J connectivity index is 0.00000176. The van der Waals surface area contributed by atoms with E-state index in [9.17, 15) is 8.78 Å². The maximum Gasteiger partial charge on any atom is 0.129 e. The molecular formula is C33H64F2O3. The number of hydrogen-bond acceptors (Lipinski definition) is 1. The summed E-state index contributed by atoms with van der Waals surface area (Å²) in [6.45, 7) is 9.01. The fourth-order valence-electron chi connectivity index (χ4n) is 8.74. The van der Waals surface area contributed by atoms with Crippen LogP contribution in [0.3, 0.4) is 0 Å². The van der Waals surface area contributed by atoms with E-state index in [1.165, 1.54) is 103 Å². The molecule has 0 saturated heterocycles. The van der Waals surface area contributed by atoms with E-state index in [2.05, 4.69) is 13.8 Å². The van der Waals surface area contributed by atoms with E-state index in [0.717, 1.165) is 18.8 Å². The van der Waals surface area contributed by atoms with Gasteiger partial charge in [0.1, 0.15) is 18.4 Å². The van der Waals surface area contributed by atoms with Crippen molar-refractivity contribution in [1.82, 2.24) is 0 Å². The van der Waals surface area contributed by atoms with Gasteiger partial charge in [-0.25, -0.2) is 8.78 Å². The first-order chi connectivity index (χ1) is 17.5. The van der Waals surface area contributed by atoms with Gasteiger partial charge in [0, 0.05) is 6.61 Å². The molecule has 5 aliphatic carbocycles. The Bertz CT molecular complexity index is 571.